The first-order valence-corrected chi connectivity index (χ1v) is 6.99. The predicted molar refractivity (Wildman–Crippen MR) is 74.7 cm³/mol. The van der Waals surface area contributed by atoms with Crippen LogP contribution >= 0.6 is 0 Å². The van der Waals surface area contributed by atoms with Gasteiger partial charge >= 0.3 is 0 Å². The average molecular weight is 265 g/mol. The van der Waals surface area contributed by atoms with Crippen molar-refractivity contribution in [3.8, 4) is 11.5 Å². The van der Waals surface area contributed by atoms with E-state index in [2.05, 4.69) is 19.2 Å². The lowest BCUT2D eigenvalue weighted by atomic mass is 10.1. The van der Waals surface area contributed by atoms with Crippen molar-refractivity contribution in [1.82, 2.24) is 5.32 Å². The van der Waals surface area contributed by atoms with E-state index in [4.69, 9.17) is 9.47 Å². The molecule has 1 aromatic carbocycles. The minimum atomic E-state index is -0.514. The molecule has 0 fully saturated rings. The minimum absolute atomic E-state index is 0.514. The zero-order valence-corrected chi connectivity index (χ0v) is 11.7. The summed E-state index contributed by atoms with van der Waals surface area (Å²) in [5.41, 5.74) is 0.862. The zero-order valence-electron chi connectivity index (χ0n) is 11.7. The van der Waals surface area contributed by atoms with Crippen LogP contribution in [0.15, 0.2) is 18.2 Å². The Morgan fingerprint density at radius 2 is 1.95 bits per heavy atom. The summed E-state index contributed by atoms with van der Waals surface area (Å²) < 4.78 is 11.0. The highest BCUT2D eigenvalue weighted by molar-refractivity contribution is 5.44. The molecule has 2 atom stereocenters. The lowest BCUT2D eigenvalue weighted by Crippen LogP contribution is -2.26. The fourth-order valence-electron chi connectivity index (χ4n) is 2.00. The fourth-order valence-corrected chi connectivity index (χ4v) is 2.00. The Labute approximate surface area is 114 Å². The third-order valence-electron chi connectivity index (χ3n) is 3.48. The molecular weight excluding hydrogens is 242 g/mol. The second-order valence-corrected chi connectivity index (χ2v) is 5.09. The van der Waals surface area contributed by atoms with E-state index in [1.807, 2.05) is 18.2 Å². The molecule has 106 valence electrons. The highest BCUT2D eigenvalue weighted by Gasteiger charge is 2.15. The largest absolute Gasteiger partial charge is 0.486 e. The van der Waals surface area contributed by atoms with Gasteiger partial charge in [-0.3, -0.25) is 0 Å². The second-order valence-electron chi connectivity index (χ2n) is 5.09. The van der Waals surface area contributed by atoms with Crippen molar-refractivity contribution in [3.63, 3.8) is 0 Å². The molecule has 19 heavy (non-hydrogen) atoms. The number of hydrogen-bond donors (Lipinski definition) is 2. The first-order valence-electron chi connectivity index (χ1n) is 6.99. The van der Waals surface area contributed by atoms with Gasteiger partial charge in [0.2, 0.25) is 0 Å². The van der Waals surface area contributed by atoms with Crippen LogP contribution in [-0.2, 0) is 0 Å². The third kappa shape index (κ3) is 3.85. The number of aliphatic hydroxyl groups is 1. The van der Waals surface area contributed by atoms with Gasteiger partial charge in [0.05, 0.1) is 6.10 Å². The van der Waals surface area contributed by atoms with Gasteiger partial charge in [-0.05, 0) is 30.2 Å². The van der Waals surface area contributed by atoms with Crippen LogP contribution in [0.4, 0.5) is 0 Å². The molecule has 1 heterocycles. The maximum Gasteiger partial charge on any atom is 0.161 e. The van der Waals surface area contributed by atoms with E-state index < -0.39 is 6.10 Å². The SMILES string of the molecule is CCC(C)CNCC(O)c1ccc2c(c1)OCCO2. The molecule has 0 radical (unpaired) electrons. The number of ether oxygens (including phenoxy) is 2. The number of nitrogens with one attached hydrogen (secondary N) is 1. The second kappa shape index (κ2) is 6.78. The Morgan fingerprint density at radius 1 is 1.21 bits per heavy atom. The highest BCUT2D eigenvalue weighted by atomic mass is 16.6. The minimum Gasteiger partial charge on any atom is -0.486 e. The molecule has 0 amide bonds. The van der Waals surface area contributed by atoms with Crippen molar-refractivity contribution in [2.45, 2.75) is 26.4 Å². The van der Waals surface area contributed by atoms with Gasteiger partial charge < -0.3 is 19.9 Å². The van der Waals surface area contributed by atoms with Crippen LogP contribution in [-0.4, -0.2) is 31.4 Å². The van der Waals surface area contributed by atoms with Crippen LogP contribution in [0, 0.1) is 5.92 Å². The lowest BCUT2D eigenvalue weighted by Gasteiger charge is -2.20. The number of aliphatic hydroxyl groups excluding tert-OH is 1. The van der Waals surface area contributed by atoms with Gasteiger partial charge in [0.15, 0.2) is 11.5 Å². The van der Waals surface area contributed by atoms with Gasteiger partial charge in [-0.25, -0.2) is 0 Å². The van der Waals surface area contributed by atoms with E-state index in [9.17, 15) is 5.11 Å². The molecule has 0 aromatic heterocycles. The van der Waals surface area contributed by atoms with Gasteiger partial charge in [0.25, 0.3) is 0 Å². The molecule has 4 nitrogen and oxygen atoms in total. The molecule has 0 bridgehead atoms. The normalized spacial score (nSPS) is 17.0. The Balaban J connectivity index is 1.90. The summed E-state index contributed by atoms with van der Waals surface area (Å²) in [7, 11) is 0. The van der Waals surface area contributed by atoms with Crippen molar-refractivity contribution in [1.29, 1.82) is 0 Å². The Morgan fingerprint density at radius 3 is 2.68 bits per heavy atom. The maximum absolute atomic E-state index is 10.1. The van der Waals surface area contributed by atoms with E-state index in [0.29, 0.717) is 25.7 Å². The van der Waals surface area contributed by atoms with Crippen LogP contribution < -0.4 is 14.8 Å². The van der Waals surface area contributed by atoms with E-state index in [0.717, 1.165) is 30.0 Å². The molecule has 0 saturated heterocycles. The van der Waals surface area contributed by atoms with Gasteiger partial charge in [-0.1, -0.05) is 26.3 Å². The Kier molecular flexibility index (Phi) is 5.05. The number of benzene rings is 1. The first-order chi connectivity index (χ1) is 9.20. The van der Waals surface area contributed by atoms with Gasteiger partial charge in [0, 0.05) is 6.54 Å². The number of fused-ring (bicyclic) bond motifs is 1. The van der Waals surface area contributed by atoms with Crippen LogP contribution in [0.3, 0.4) is 0 Å². The van der Waals surface area contributed by atoms with E-state index >= 15 is 0 Å². The molecule has 0 spiro atoms. The Bertz CT molecular complexity index is 408. The molecule has 2 rings (SSSR count). The van der Waals surface area contributed by atoms with Crippen LogP contribution in [0.5, 0.6) is 11.5 Å². The molecular formula is C15H23NO3. The third-order valence-corrected chi connectivity index (χ3v) is 3.48. The Hall–Kier alpha value is -1.26. The molecule has 1 aromatic rings. The lowest BCUT2D eigenvalue weighted by molar-refractivity contribution is 0.162. The summed E-state index contributed by atoms with van der Waals surface area (Å²) in [5.74, 6) is 2.12. The summed E-state index contributed by atoms with van der Waals surface area (Å²) in [6, 6.07) is 5.62. The smallest absolute Gasteiger partial charge is 0.161 e. The van der Waals surface area contributed by atoms with E-state index in [1.165, 1.54) is 0 Å². The van der Waals surface area contributed by atoms with E-state index in [-0.39, 0.29) is 0 Å². The molecule has 1 aliphatic heterocycles. The summed E-state index contributed by atoms with van der Waals surface area (Å²) >= 11 is 0. The topological polar surface area (TPSA) is 50.7 Å². The van der Waals surface area contributed by atoms with E-state index in [1.54, 1.807) is 0 Å². The quantitative estimate of drug-likeness (QED) is 0.827. The first kappa shape index (κ1) is 14.2. The molecule has 2 N–H and O–H groups in total. The highest BCUT2D eigenvalue weighted by Crippen LogP contribution is 2.32. The summed E-state index contributed by atoms with van der Waals surface area (Å²) in [6.07, 6.45) is 0.632. The standard InChI is InChI=1S/C15H23NO3/c1-3-11(2)9-16-10-13(17)12-4-5-14-15(8-12)19-7-6-18-14/h4-5,8,11,13,16-17H,3,6-7,9-10H2,1-2H3. The van der Waals surface area contributed by atoms with Gasteiger partial charge in [-0.15, -0.1) is 0 Å². The molecule has 0 saturated carbocycles. The average Bonchev–Trinajstić information content (AvgIpc) is 2.46. The monoisotopic (exact) mass is 265 g/mol. The van der Waals surface area contributed by atoms with Gasteiger partial charge in [-0.2, -0.15) is 0 Å². The van der Waals surface area contributed by atoms with Crippen molar-refractivity contribution < 1.29 is 14.6 Å². The van der Waals surface area contributed by atoms with Crippen molar-refractivity contribution in [2.75, 3.05) is 26.3 Å². The van der Waals surface area contributed by atoms with Crippen molar-refractivity contribution in [3.05, 3.63) is 23.8 Å². The maximum atomic E-state index is 10.1. The molecule has 1 aliphatic rings. The summed E-state index contributed by atoms with van der Waals surface area (Å²) in [4.78, 5) is 0. The summed E-state index contributed by atoms with van der Waals surface area (Å²) in [6.45, 7) is 7.01. The number of hydrogen-bond acceptors (Lipinski definition) is 4. The van der Waals surface area contributed by atoms with Crippen molar-refractivity contribution in [2.24, 2.45) is 5.92 Å². The molecule has 4 heteroatoms. The number of rotatable bonds is 6. The van der Waals surface area contributed by atoms with Crippen LogP contribution in [0.25, 0.3) is 0 Å². The summed E-state index contributed by atoms with van der Waals surface area (Å²) in [5, 5.41) is 13.4. The van der Waals surface area contributed by atoms with Crippen LogP contribution in [0.2, 0.25) is 0 Å². The van der Waals surface area contributed by atoms with Crippen molar-refractivity contribution >= 4 is 0 Å². The zero-order chi connectivity index (χ0) is 13.7. The van der Waals surface area contributed by atoms with Crippen LogP contribution in [0.1, 0.15) is 31.9 Å². The fraction of sp³-hybridized carbons (Fsp3) is 0.600. The molecule has 0 aliphatic carbocycles. The van der Waals surface area contributed by atoms with Gasteiger partial charge in [0.1, 0.15) is 13.2 Å². The molecule has 2 unspecified atom stereocenters. The predicted octanol–water partition coefficient (Wildman–Crippen LogP) is 2.13.